The van der Waals surface area contributed by atoms with Gasteiger partial charge in [-0.25, -0.2) is 4.40 Å². The molecule has 0 radical (unpaired) electrons. The van der Waals surface area contributed by atoms with Crippen LogP contribution in [0.3, 0.4) is 0 Å². The van der Waals surface area contributed by atoms with Gasteiger partial charge in [0.1, 0.15) is 0 Å². The molecule has 24 heavy (non-hydrogen) atoms. The van der Waals surface area contributed by atoms with Crippen molar-refractivity contribution >= 4 is 38.0 Å². The molecule has 0 N–H and O–H groups in total. The molecule has 1 nitrogen and oxygen atoms in total. The van der Waals surface area contributed by atoms with E-state index in [9.17, 15) is 0 Å². The van der Waals surface area contributed by atoms with Crippen LogP contribution in [0.15, 0.2) is 95.4 Å². The minimum Gasteiger partial charge on any atom is -0.204 e. The second kappa shape index (κ2) is 7.12. The third kappa shape index (κ3) is 3.05. The van der Waals surface area contributed by atoms with Gasteiger partial charge in [-0.3, -0.25) is 0 Å². The fourth-order valence-electron chi connectivity index (χ4n) is 2.74. The molecule has 116 valence electrons. The van der Waals surface area contributed by atoms with Crippen molar-refractivity contribution in [2.75, 3.05) is 0 Å². The zero-order valence-electron chi connectivity index (χ0n) is 12.9. The SMILES string of the molecule is c1ccc(C2=NSSC(c3ccccc3)=C2c2ccccc2)cc1. The Hall–Kier alpha value is -2.23. The Morgan fingerprint density at radius 3 is 1.62 bits per heavy atom. The fourth-order valence-corrected chi connectivity index (χ4v) is 4.75. The number of allylic oxidation sites excluding steroid dienone is 1. The van der Waals surface area contributed by atoms with Crippen LogP contribution in [0.1, 0.15) is 16.7 Å². The van der Waals surface area contributed by atoms with Gasteiger partial charge in [0.05, 0.1) is 5.71 Å². The first-order chi connectivity index (χ1) is 11.9. The summed E-state index contributed by atoms with van der Waals surface area (Å²) in [5.41, 5.74) is 5.84. The second-order valence-electron chi connectivity index (χ2n) is 5.40. The first-order valence-electron chi connectivity index (χ1n) is 7.76. The smallest absolute Gasteiger partial charge is 0.0885 e. The minimum atomic E-state index is 1.05. The first kappa shape index (κ1) is 15.3. The third-order valence-electron chi connectivity index (χ3n) is 3.86. The van der Waals surface area contributed by atoms with Gasteiger partial charge < -0.3 is 0 Å². The van der Waals surface area contributed by atoms with Gasteiger partial charge >= 0.3 is 0 Å². The van der Waals surface area contributed by atoms with Crippen molar-refractivity contribution in [1.29, 1.82) is 0 Å². The van der Waals surface area contributed by atoms with Crippen molar-refractivity contribution in [2.24, 2.45) is 4.40 Å². The maximum Gasteiger partial charge on any atom is 0.0885 e. The normalized spacial score (nSPS) is 14.4. The molecule has 0 unspecified atom stereocenters. The van der Waals surface area contributed by atoms with Crippen molar-refractivity contribution in [3.05, 3.63) is 108 Å². The molecule has 3 heteroatoms. The summed E-state index contributed by atoms with van der Waals surface area (Å²) in [6, 6.07) is 31.5. The molecular weight excluding hydrogens is 330 g/mol. The number of rotatable bonds is 3. The topological polar surface area (TPSA) is 12.4 Å². The first-order valence-corrected chi connectivity index (χ1v) is 9.87. The predicted octanol–water partition coefficient (Wildman–Crippen LogP) is 6.35. The molecule has 1 heterocycles. The highest BCUT2D eigenvalue weighted by Crippen LogP contribution is 2.48. The zero-order chi connectivity index (χ0) is 16.2. The lowest BCUT2D eigenvalue weighted by Gasteiger charge is -2.20. The molecule has 1 aliphatic rings. The lowest BCUT2D eigenvalue weighted by molar-refractivity contribution is 1.59. The van der Waals surface area contributed by atoms with Crippen LogP contribution in [-0.2, 0) is 0 Å². The molecule has 1 aliphatic heterocycles. The number of benzene rings is 3. The van der Waals surface area contributed by atoms with Crippen molar-refractivity contribution in [1.82, 2.24) is 0 Å². The Morgan fingerprint density at radius 1 is 0.542 bits per heavy atom. The maximum atomic E-state index is 4.77. The Labute approximate surface area is 150 Å². The van der Waals surface area contributed by atoms with Crippen LogP contribution in [0.5, 0.6) is 0 Å². The van der Waals surface area contributed by atoms with Gasteiger partial charge in [0.2, 0.25) is 0 Å². The molecule has 0 bridgehead atoms. The van der Waals surface area contributed by atoms with Crippen molar-refractivity contribution in [3.8, 4) is 0 Å². The molecule has 0 saturated heterocycles. The zero-order valence-corrected chi connectivity index (χ0v) is 14.6. The summed E-state index contributed by atoms with van der Waals surface area (Å²) >= 11 is 0. The molecule has 3 aromatic carbocycles. The number of nitrogens with zero attached hydrogens (tertiary/aromatic N) is 1. The van der Waals surface area contributed by atoms with Gasteiger partial charge in [0.15, 0.2) is 0 Å². The van der Waals surface area contributed by atoms with E-state index in [0.717, 1.165) is 11.3 Å². The van der Waals surface area contributed by atoms with Gasteiger partial charge in [0, 0.05) is 27.0 Å². The average Bonchev–Trinajstić information content (AvgIpc) is 2.69. The average molecular weight is 345 g/mol. The highest BCUT2D eigenvalue weighted by molar-refractivity contribution is 8.79. The highest BCUT2D eigenvalue weighted by Gasteiger charge is 2.23. The van der Waals surface area contributed by atoms with Crippen molar-refractivity contribution < 1.29 is 0 Å². The van der Waals surface area contributed by atoms with Crippen molar-refractivity contribution in [3.63, 3.8) is 0 Å². The van der Waals surface area contributed by atoms with Crippen molar-refractivity contribution in [2.45, 2.75) is 0 Å². The second-order valence-corrected chi connectivity index (χ2v) is 7.25. The van der Waals surface area contributed by atoms with E-state index in [1.54, 1.807) is 21.8 Å². The Balaban J connectivity index is 1.95. The maximum absolute atomic E-state index is 4.77. The van der Waals surface area contributed by atoms with Gasteiger partial charge in [0.25, 0.3) is 0 Å². The van der Waals surface area contributed by atoms with E-state index in [1.165, 1.54) is 21.6 Å². The molecule has 4 rings (SSSR count). The van der Waals surface area contributed by atoms with Gasteiger partial charge in [-0.2, -0.15) is 0 Å². The summed E-state index contributed by atoms with van der Waals surface area (Å²) in [7, 11) is 3.27. The molecule has 3 aromatic rings. The van der Waals surface area contributed by atoms with Crippen LogP contribution in [0.25, 0.3) is 10.5 Å². The minimum absolute atomic E-state index is 1.05. The summed E-state index contributed by atoms with van der Waals surface area (Å²) in [6.45, 7) is 0. The van der Waals surface area contributed by atoms with Gasteiger partial charge in [-0.15, -0.1) is 0 Å². The summed E-state index contributed by atoms with van der Waals surface area (Å²) in [6.07, 6.45) is 0. The van der Waals surface area contributed by atoms with E-state index >= 15 is 0 Å². The van der Waals surface area contributed by atoms with Gasteiger partial charge in [-0.05, 0) is 21.9 Å². The van der Waals surface area contributed by atoms with Crippen LogP contribution < -0.4 is 0 Å². The molecule has 0 fully saturated rings. The van der Waals surface area contributed by atoms with E-state index in [1.807, 2.05) is 6.07 Å². The lowest BCUT2D eigenvalue weighted by atomic mass is 9.94. The van der Waals surface area contributed by atoms with E-state index in [2.05, 4.69) is 84.9 Å². The molecular formula is C21H15NS2. The van der Waals surface area contributed by atoms with Crippen LogP contribution in [0.2, 0.25) is 0 Å². The van der Waals surface area contributed by atoms with Crippen LogP contribution >= 0.6 is 21.8 Å². The van der Waals surface area contributed by atoms with E-state index < -0.39 is 0 Å². The summed E-state index contributed by atoms with van der Waals surface area (Å²) in [5, 5.41) is 0. The van der Waals surface area contributed by atoms with E-state index in [0.29, 0.717) is 0 Å². The van der Waals surface area contributed by atoms with E-state index in [-0.39, 0.29) is 0 Å². The Bertz CT molecular complexity index is 885. The molecule has 0 spiro atoms. The largest absolute Gasteiger partial charge is 0.204 e. The monoisotopic (exact) mass is 345 g/mol. The van der Waals surface area contributed by atoms with Crippen LogP contribution in [-0.4, -0.2) is 5.71 Å². The van der Waals surface area contributed by atoms with Crippen LogP contribution in [0, 0.1) is 0 Å². The molecule has 0 amide bonds. The highest BCUT2D eigenvalue weighted by atomic mass is 33.1. The summed E-state index contributed by atoms with van der Waals surface area (Å²) in [4.78, 5) is 1.26. The number of hydrogen-bond acceptors (Lipinski definition) is 3. The number of hydrogen-bond donors (Lipinski definition) is 0. The third-order valence-corrected chi connectivity index (χ3v) is 5.74. The molecule has 0 atom stereocenters. The van der Waals surface area contributed by atoms with Gasteiger partial charge in [-0.1, -0.05) is 91.0 Å². The predicted molar refractivity (Wildman–Crippen MR) is 108 cm³/mol. The quantitative estimate of drug-likeness (QED) is 0.405. The van der Waals surface area contributed by atoms with E-state index in [4.69, 9.17) is 4.40 Å². The molecule has 0 saturated carbocycles. The Kier molecular flexibility index (Phi) is 4.54. The Morgan fingerprint density at radius 2 is 1.04 bits per heavy atom. The standard InChI is InChI=1S/C21H15NS2/c1-4-10-16(11-5-1)19-20(17-12-6-2-7-13-17)22-24-23-21(19)18-14-8-3-9-15-18/h1-15H. The van der Waals surface area contributed by atoms with Crippen LogP contribution in [0.4, 0.5) is 0 Å². The summed E-state index contributed by atoms with van der Waals surface area (Å²) in [5.74, 6) is 0. The molecule has 0 aromatic heterocycles. The lowest BCUT2D eigenvalue weighted by Crippen LogP contribution is -2.08. The summed E-state index contributed by atoms with van der Waals surface area (Å²) < 4.78 is 4.77. The fraction of sp³-hybridized carbons (Fsp3) is 0. The molecule has 0 aliphatic carbocycles.